The molecule has 0 amide bonds. The fourth-order valence-electron chi connectivity index (χ4n) is 1.30. The topological polar surface area (TPSA) is 38.7 Å². The second kappa shape index (κ2) is 5.18. The Morgan fingerprint density at radius 1 is 1.12 bits per heavy atom. The molecule has 0 atom stereocenters. The van der Waals surface area contributed by atoms with Crippen LogP contribution in [0.25, 0.3) is 17.0 Å². The Labute approximate surface area is 113 Å². The van der Waals surface area contributed by atoms with Crippen molar-refractivity contribution in [3.05, 3.63) is 59.2 Å². The fraction of sp³-hybridized carbons (Fsp3) is 0. The Hall–Kier alpha value is -1.56. The molecular weight excluding hydrogens is 325 g/mol. The lowest BCUT2D eigenvalue weighted by molar-refractivity contribution is 0.991. The van der Waals surface area contributed by atoms with Crippen LogP contribution in [-0.4, -0.2) is 15.0 Å². The maximum atomic E-state index is 4.38. The summed E-state index contributed by atoms with van der Waals surface area (Å²) in [4.78, 5) is 12.9. The predicted octanol–water partition coefficient (Wildman–Crippen LogP) is 3.34. The minimum absolute atomic E-state index is 0.568. The van der Waals surface area contributed by atoms with Gasteiger partial charge < -0.3 is 0 Å². The first-order valence-corrected chi connectivity index (χ1v) is 6.07. The molecule has 4 heteroatoms. The van der Waals surface area contributed by atoms with E-state index in [1.165, 1.54) is 0 Å². The molecule has 1 heterocycles. The van der Waals surface area contributed by atoms with Gasteiger partial charge >= 0.3 is 0 Å². The van der Waals surface area contributed by atoms with E-state index in [0.29, 0.717) is 21.1 Å². The van der Waals surface area contributed by atoms with Gasteiger partial charge in [0.25, 0.3) is 0 Å². The average Bonchev–Trinajstić information content (AvgIpc) is 2.38. The molecule has 0 aliphatic heterocycles. The molecule has 0 saturated heterocycles. The molecule has 0 radical (unpaired) electrons. The van der Waals surface area contributed by atoms with E-state index in [4.69, 9.17) is 0 Å². The number of hydrogen-bond acceptors (Lipinski definition) is 3. The van der Waals surface area contributed by atoms with Gasteiger partial charge in [-0.2, -0.15) is 0 Å². The van der Waals surface area contributed by atoms with E-state index in [1.807, 2.05) is 30.3 Å². The average molecular weight is 335 g/mol. The standard InChI is InChI=1S/C13H10IN3/c1-3-9(2)11-15-12(17-13(14)16-11)10-7-5-4-6-8-10/h3-8H,1-2H2. The molecule has 84 valence electrons. The number of benzene rings is 1. The van der Waals surface area contributed by atoms with E-state index in [9.17, 15) is 0 Å². The van der Waals surface area contributed by atoms with Crippen molar-refractivity contribution >= 4 is 28.2 Å². The van der Waals surface area contributed by atoms with Crippen LogP contribution in [0.3, 0.4) is 0 Å². The minimum atomic E-state index is 0.568. The molecule has 0 unspecified atom stereocenters. The van der Waals surface area contributed by atoms with Crippen LogP contribution in [-0.2, 0) is 0 Å². The van der Waals surface area contributed by atoms with E-state index >= 15 is 0 Å². The molecule has 17 heavy (non-hydrogen) atoms. The number of hydrogen-bond donors (Lipinski definition) is 0. The van der Waals surface area contributed by atoms with Gasteiger partial charge in [0.1, 0.15) is 0 Å². The van der Waals surface area contributed by atoms with Crippen molar-refractivity contribution in [3.63, 3.8) is 0 Å². The van der Waals surface area contributed by atoms with Crippen molar-refractivity contribution < 1.29 is 0 Å². The maximum absolute atomic E-state index is 4.38. The van der Waals surface area contributed by atoms with Gasteiger partial charge in [-0.05, 0) is 0 Å². The zero-order chi connectivity index (χ0) is 12.3. The first-order valence-electron chi connectivity index (χ1n) is 4.99. The van der Waals surface area contributed by atoms with Crippen LogP contribution >= 0.6 is 22.6 Å². The Bertz CT molecular complexity index is 564. The summed E-state index contributed by atoms with van der Waals surface area (Å²) in [6.07, 6.45) is 1.64. The summed E-state index contributed by atoms with van der Waals surface area (Å²) in [7, 11) is 0. The van der Waals surface area contributed by atoms with Crippen LogP contribution in [0.15, 0.2) is 49.6 Å². The highest BCUT2D eigenvalue weighted by molar-refractivity contribution is 14.1. The second-order valence-corrected chi connectivity index (χ2v) is 4.31. The smallest absolute Gasteiger partial charge is 0.194 e. The van der Waals surface area contributed by atoms with Crippen molar-refractivity contribution in [1.82, 2.24) is 15.0 Å². The third kappa shape index (κ3) is 2.76. The Kier molecular flexibility index (Phi) is 3.63. The van der Waals surface area contributed by atoms with Crippen LogP contribution in [0.5, 0.6) is 0 Å². The molecule has 3 nitrogen and oxygen atoms in total. The molecule has 2 rings (SSSR count). The predicted molar refractivity (Wildman–Crippen MR) is 77.2 cm³/mol. The van der Waals surface area contributed by atoms with Gasteiger partial charge in [-0.25, -0.2) is 15.0 Å². The number of allylic oxidation sites excluding steroid dienone is 2. The van der Waals surface area contributed by atoms with Crippen LogP contribution in [0, 0.1) is 3.83 Å². The van der Waals surface area contributed by atoms with Gasteiger partial charge in [-0.1, -0.05) is 49.6 Å². The second-order valence-electron chi connectivity index (χ2n) is 3.35. The van der Waals surface area contributed by atoms with Gasteiger partial charge in [0.15, 0.2) is 15.5 Å². The lowest BCUT2D eigenvalue weighted by Crippen LogP contribution is -2.01. The minimum Gasteiger partial charge on any atom is -0.208 e. The largest absolute Gasteiger partial charge is 0.208 e. The molecule has 0 aliphatic carbocycles. The Balaban J connectivity index is 2.53. The summed E-state index contributed by atoms with van der Waals surface area (Å²) in [5, 5.41) is 0. The van der Waals surface area contributed by atoms with Crippen LogP contribution < -0.4 is 0 Å². The van der Waals surface area contributed by atoms with Crippen LogP contribution in [0.4, 0.5) is 0 Å². The molecule has 0 aliphatic rings. The van der Waals surface area contributed by atoms with E-state index in [2.05, 4.69) is 50.7 Å². The van der Waals surface area contributed by atoms with E-state index in [1.54, 1.807) is 6.08 Å². The number of rotatable bonds is 3. The quantitative estimate of drug-likeness (QED) is 0.638. The van der Waals surface area contributed by atoms with E-state index < -0.39 is 0 Å². The van der Waals surface area contributed by atoms with Crippen molar-refractivity contribution in [3.8, 4) is 11.4 Å². The number of halogens is 1. The normalized spacial score (nSPS) is 9.94. The fourth-order valence-corrected chi connectivity index (χ4v) is 1.76. The monoisotopic (exact) mass is 335 g/mol. The highest BCUT2D eigenvalue weighted by Gasteiger charge is 2.07. The van der Waals surface area contributed by atoms with Gasteiger partial charge in [-0.15, -0.1) is 0 Å². The molecule has 2 aromatic rings. The van der Waals surface area contributed by atoms with Gasteiger partial charge in [0.05, 0.1) is 0 Å². The molecule has 0 saturated carbocycles. The number of nitrogens with zero attached hydrogens (tertiary/aromatic N) is 3. The highest BCUT2D eigenvalue weighted by atomic mass is 127. The molecule has 1 aromatic carbocycles. The summed E-state index contributed by atoms with van der Waals surface area (Å²) >= 11 is 2.07. The lowest BCUT2D eigenvalue weighted by Gasteiger charge is -2.04. The van der Waals surface area contributed by atoms with E-state index in [0.717, 1.165) is 5.56 Å². The molecule has 0 fully saturated rings. The Morgan fingerprint density at radius 2 is 1.82 bits per heavy atom. The summed E-state index contributed by atoms with van der Waals surface area (Å²) in [5.41, 5.74) is 1.66. The zero-order valence-corrected chi connectivity index (χ0v) is 11.3. The number of aromatic nitrogens is 3. The van der Waals surface area contributed by atoms with Crippen molar-refractivity contribution in [2.75, 3.05) is 0 Å². The van der Waals surface area contributed by atoms with E-state index in [-0.39, 0.29) is 0 Å². The molecule has 0 bridgehead atoms. The SMILES string of the molecule is C=CC(=C)c1nc(I)nc(-c2ccccc2)n1. The summed E-state index contributed by atoms with van der Waals surface area (Å²) in [6, 6.07) is 9.79. The third-order valence-corrected chi connectivity index (χ3v) is 2.66. The summed E-state index contributed by atoms with van der Waals surface area (Å²) in [5.74, 6) is 1.22. The molecule has 1 aromatic heterocycles. The van der Waals surface area contributed by atoms with Crippen molar-refractivity contribution in [2.45, 2.75) is 0 Å². The summed E-state index contributed by atoms with van der Waals surface area (Å²) < 4.78 is 0.648. The van der Waals surface area contributed by atoms with Gasteiger partial charge in [0, 0.05) is 33.7 Å². The molecule has 0 N–H and O–H groups in total. The molecular formula is C13H10IN3. The van der Waals surface area contributed by atoms with Gasteiger partial charge in [0.2, 0.25) is 0 Å². The summed E-state index contributed by atoms with van der Waals surface area (Å²) in [6.45, 7) is 7.51. The maximum Gasteiger partial charge on any atom is 0.194 e. The van der Waals surface area contributed by atoms with Crippen LogP contribution in [0.2, 0.25) is 0 Å². The Morgan fingerprint density at radius 3 is 2.47 bits per heavy atom. The first kappa shape index (κ1) is 11.9. The van der Waals surface area contributed by atoms with Crippen LogP contribution in [0.1, 0.15) is 5.82 Å². The van der Waals surface area contributed by atoms with Crippen molar-refractivity contribution in [1.29, 1.82) is 0 Å². The first-order chi connectivity index (χ1) is 8.20. The van der Waals surface area contributed by atoms with Gasteiger partial charge in [-0.3, -0.25) is 0 Å². The highest BCUT2D eigenvalue weighted by Crippen LogP contribution is 2.17. The van der Waals surface area contributed by atoms with Crippen molar-refractivity contribution in [2.24, 2.45) is 0 Å². The third-order valence-electron chi connectivity index (χ3n) is 2.17. The zero-order valence-electron chi connectivity index (χ0n) is 9.10. The lowest BCUT2D eigenvalue weighted by atomic mass is 10.2. The molecule has 0 spiro atoms.